The first kappa shape index (κ1) is 9.57. The SMILES string of the molecule is [2H]c1c([2H])c(C(C)(C)C)c2c(c1[2H])[Si](C)(C)C[Si]2(C)C. The lowest BCUT2D eigenvalue weighted by atomic mass is 9.87. The van der Waals surface area contributed by atoms with Gasteiger partial charge in [0.25, 0.3) is 0 Å². The minimum Gasteiger partial charge on any atom is -0.0656 e. The first-order valence-corrected chi connectivity index (χ1v) is 12.9. The van der Waals surface area contributed by atoms with Crippen molar-refractivity contribution in [3.63, 3.8) is 0 Å². The molecule has 0 bridgehead atoms. The third-order valence-corrected chi connectivity index (χ3v) is 14.8. The highest BCUT2D eigenvalue weighted by Crippen LogP contribution is 2.31. The van der Waals surface area contributed by atoms with Crippen LogP contribution in [-0.4, -0.2) is 16.1 Å². The lowest BCUT2D eigenvalue weighted by molar-refractivity contribution is 0.594. The molecule has 0 saturated heterocycles. The number of fused-ring (bicyclic) bond motifs is 1. The van der Waals surface area contributed by atoms with Gasteiger partial charge in [0.1, 0.15) is 0 Å². The molecule has 0 amide bonds. The van der Waals surface area contributed by atoms with Crippen LogP contribution in [0.1, 0.15) is 30.4 Å². The van der Waals surface area contributed by atoms with Gasteiger partial charge in [-0.25, -0.2) is 0 Å². The Kier molecular flexibility index (Phi) is 2.01. The van der Waals surface area contributed by atoms with Crippen molar-refractivity contribution in [2.45, 2.75) is 58.0 Å². The maximum Gasteiger partial charge on any atom is 0.0786 e. The van der Waals surface area contributed by atoms with Crippen LogP contribution in [0.15, 0.2) is 18.1 Å². The van der Waals surface area contributed by atoms with Gasteiger partial charge < -0.3 is 0 Å². The summed E-state index contributed by atoms with van der Waals surface area (Å²) in [5.74, 6) is 0. The Morgan fingerprint density at radius 2 is 1.65 bits per heavy atom. The van der Waals surface area contributed by atoms with Gasteiger partial charge in [0.05, 0.1) is 20.3 Å². The van der Waals surface area contributed by atoms with E-state index in [9.17, 15) is 0 Å². The lowest BCUT2D eigenvalue weighted by Gasteiger charge is -2.28. The van der Waals surface area contributed by atoms with E-state index in [-0.39, 0.29) is 11.5 Å². The first-order chi connectivity index (χ1) is 8.81. The molecule has 1 aromatic carbocycles. The van der Waals surface area contributed by atoms with Gasteiger partial charge in [-0.2, -0.15) is 0 Å². The van der Waals surface area contributed by atoms with Gasteiger partial charge in [-0.05, 0) is 11.0 Å². The average Bonchev–Trinajstić information content (AvgIpc) is 2.39. The van der Waals surface area contributed by atoms with Crippen molar-refractivity contribution in [2.75, 3.05) is 0 Å². The fraction of sp³-hybridized carbons (Fsp3) is 0.600. The molecule has 2 heteroatoms. The monoisotopic (exact) mass is 265 g/mol. The van der Waals surface area contributed by atoms with Crippen molar-refractivity contribution in [3.05, 3.63) is 23.7 Å². The summed E-state index contributed by atoms with van der Waals surface area (Å²) in [4.78, 5) is 0. The molecule has 0 spiro atoms. The van der Waals surface area contributed by atoms with Crippen LogP contribution in [0.3, 0.4) is 0 Å². The molecule has 0 fully saturated rings. The summed E-state index contributed by atoms with van der Waals surface area (Å²) in [7, 11) is -3.23. The topological polar surface area (TPSA) is 0 Å². The summed E-state index contributed by atoms with van der Waals surface area (Å²) in [5.41, 5.74) is 2.18. The average molecular weight is 266 g/mol. The summed E-state index contributed by atoms with van der Waals surface area (Å²) in [5, 5.41) is 2.55. The minimum absolute atomic E-state index is 0.121. The van der Waals surface area contributed by atoms with Crippen LogP contribution < -0.4 is 10.4 Å². The summed E-state index contributed by atoms with van der Waals surface area (Å²) < 4.78 is 25.0. The Hall–Kier alpha value is -0.346. The molecule has 0 aliphatic carbocycles. The van der Waals surface area contributed by atoms with Crippen LogP contribution in [0.5, 0.6) is 0 Å². The summed E-state index contributed by atoms with van der Waals surface area (Å²) in [6.45, 7) is 15.8. The Morgan fingerprint density at radius 1 is 1.06 bits per heavy atom. The fourth-order valence-corrected chi connectivity index (χ4v) is 18.8. The number of benzene rings is 1. The predicted octanol–water partition coefficient (Wildman–Crippen LogP) is 3.37. The zero-order valence-corrected chi connectivity index (χ0v) is 14.2. The molecule has 94 valence electrons. The Morgan fingerprint density at radius 3 is 2.18 bits per heavy atom. The molecule has 0 nitrogen and oxygen atoms in total. The van der Waals surface area contributed by atoms with E-state index in [1.807, 2.05) is 0 Å². The van der Waals surface area contributed by atoms with Gasteiger partial charge >= 0.3 is 0 Å². The first-order valence-electron chi connectivity index (χ1n) is 7.96. The summed E-state index contributed by atoms with van der Waals surface area (Å²) >= 11 is 0. The van der Waals surface area contributed by atoms with E-state index in [0.717, 1.165) is 5.56 Å². The molecule has 0 radical (unpaired) electrons. The highest BCUT2D eigenvalue weighted by molar-refractivity contribution is 7.14. The molecule has 0 saturated carbocycles. The quantitative estimate of drug-likeness (QED) is 0.631. The molecule has 0 N–H and O–H groups in total. The van der Waals surface area contributed by atoms with E-state index in [2.05, 4.69) is 47.0 Å². The number of hydrogen-bond acceptors (Lipinski definition) is 0. The molecule has 1 aliphatic rings. The summed E-state index contributed by atoms with van der Waals surface area (Å²) in [6, 6.07) is 0.794. The van der Waals surface area contributed by atoms with Gasteiger partial charge in [0, 0.05) is 0 Å². The third kappa shape index (κ3) is 2.06. The molecule has 0 unspecified atom stereocenters. The highest BCUT2D eigenvalue weighted by atomic mass is 28.4. The van der Waals surface area contributed by atoms with Gasteiger partial charge in [-0.3, -0.25) is 0 Å². The zero-order chi connectivity index (χ0) is 15.7. The minimum atomic E-state index is -1.63. The number of hydrogen-bond donors (Lipinski definition) is 0. The standard InChI is InChI=1S/C15H26Si2/c1-15(2,3)12-9-8-10-13-14(12)17(6,7)11-16(13,4)5/h8-10H,11H2,1-7H3/i8D,9D,10D. The molecule has 1 aromatic rings. The van der Waals surface area contributed by atoms with Gasteiger partial charge in [-0.1, -0.05) is 81.1 Å². The van der Waals surface area contributed by atoms with E-state index in [4.69, 9.17) is 4.11 Å². The third-order valence-electron chi connectivity index (χ3n) is 3.86. The zero-order valence-electron chi connectivity index (χ0n) is 15.2. The fourth-order valence-electron chi connectivity index (χ4n) is 3.43. The molecule has 1 heterocycles. The van der Waals surface area contributed by atoms with Gasteiger partial charge in [0.15, 0.2) is 0 Å². The number of rotatable bonds is 0. The smallest absolute Gasteiger partial charge is 0.0656 e. The molecule has 1 aliphatic heterocycles. The van der Waals surface area contributed by atoms with E-state index >= 15 is 0 Å². The van der Waals surface area contributed by atoms with Crippen LogP contribution in [-0.2, 0) is 5.41 Å². The van der Waals surface area contributed by atoms with E-state index < -0.39 is 16.1 Å². The van der Waals surface area contributed by atoms with Crippen molar-refractivity contribution < 1.29 is 4.11 Å². The maximum atomic E-state index is 8.40. The van der Waals surface area contributed by atoms with Crippen LogP contribution in [0.2, 0.25) is 31.9 Å². The summed E-state index contributed by atoms with van der Waals surface area (Å²) in [6.07, 6.45) is 0. The molecule has 2 rings (SSSR count). The van der Waals surface area contributed by atoms with Gasteiger partial charge in [0.2, 0.25) is 0 Å². The Labute approximate surface area is 113 Å². The second-order valence-electron chi connectivity index (χ2n) is 7.69. The molecular weight excluding hydrogens is 236 g/mol. The van der Waals surface area contributed by atoms with Gasteiger partial charge in [-0.15, -0.1) is 0 Å². The van der Waals surface area contributed by atoms with Crippen molar-refractivity contribution in [2.24, 2.45) is 0 Å². The predicted molar refractivity (Wildman–Crippen MR) is 84.2 cm³/mol. The van der Waals surface area contributed by atoms with Crippen LogP contribution in [0.4, 0.5) is 0 Å². The molecular formula is C15H26Si2. The second kappa shape index (κ2) is 3.58. The maximum absolute atomic E-state index is 8.40. The Balaban J connectivity index is 3.01. The largest absolute Gasteiger partial charge is 0.0786 e. The highest BCUT2D eigenvalue weighted by Gasteiger charge is 2.46. The molecule has 0 atom stereocenters. The second-order valence-corrected chi connectivity index (χ2v) is 17.6. The Bertz CT molecular complexity index is 584. The van der Waals surface area contributed by atoms with Crippen LogP contribution in [0, 0.1) is 0 Å². The van der Waals surface area contributed by atoms with E-state index in [1.54, 1.807) is 0 Å². The molecule has 0 aromatic heterocycles. The van der Waals surface area contributed by atoms with E-state index in [0.29, 0.717) is 12.1 Å². The van der Waals surface area contributed by atoms with Crippen molar-refractivity contribution in [1.29, 1.82) is 0 Å². The molecule has 17 heavy (non-hydrogen) atoms. The van der Waals surface area contributed by atoms with Crippen molar-refractivity contribution in [3.8, 4) is 0 Å². The van der Waals surface area contributed by atoms with Crippen molar-refractivity contribution in [1.82, 2.24) is 0 Å². The van der Waals surface area contributed by atoms with E-state index in [1.165, 1.54) is 16.0 Å². The van der Waals surface area contributed by atoms with Crippen molar-refractivity contribution >= 4 is 26.5 Å². The van der Waals surface area contributed by atoms with Crippen LogP contribution in [0.25, 0.3) is 0 Å². The van der Waals surface area contributed by atoms with Crippen LogP contribution >= 0.6 is 0 Å². The normalized spacial score (nSPS) is 23.8. The lowest BCUT2D eigenvalue weighted by Crippen LogP contribution is -2.48.